The van der Waals surface area contributed by atoms with Crippen LogP contribution in [0.3, 0.4) is 0 Å². The number of benzene rings is 1. The second-order valence-corrected chi connectivity index (χ2v) is 7.56. The van der Waals surface area contributed by atoms with Gasteiger partial charge in [-0.1, -0.05) is 55.9 Å². The molecular weight excluding hydrogens is 268 g/mol. The molecule has 1 aromatic carbocycles. The molecule has 3 heteroatoms. The average Bonchev–Trinajstić information content (AvgIpc) is 2.80. The minimum Gasteiger partial charge on any atom is -0.299 e. The van der Waals surface area contributed by atoms with E-state index in [0.29, 0.717) is 23.9 Å². The predicted molar refractivity (Wildman–Crippen MR) is 81.8 cm³/mol. The Balaban J connectivity index is 1.75. The van der Waals surface area contributed by atoms with Crippen LogP contribution in [0.15, 0.2) is 30.3 Å². The summed E-state index contributed by atoms with van der Waals surface area (Å²) in [7, 11) is 0. The normalized spacial score (nSPS) is 30.7. The summed E-state index contributed by atoms with van der Waals surface area (Å²) in [5, 5.41) is 0.0823. The van der Waals surface area contributed by atoms with Gasteiger partial charge in [-0.2, -0.15) is 0 Å². The molecule has 2 bridgehead atoms. The van der Waals surface area contributed by atoms with E-state index < -0.39 is 0 Å². The first-order valence-corrected chi connectivity index (χ1v) is 8.21. The van der Waals surface area contributed by atoms with Gasteiger partial charge in [0.05, 0.1) is 0 Å². The van der Waals surface area contributed by atoms with Crippen LogP contribution in [-0.2, 0) is 4.79 Å². The third-order valence-electron chi connectivity index (χ3n) is 5.60. The number of hydrogen-bond acceptors (Lipinski definition) is 3. The Bertz CT molecular complexity index is 549. The van der Waals surface area contributed by atoms with Crippen molar-refractivity contribution in [2.24, 2.45) is 16.7 Å². The number of rotatable bonds is 3. The zero-order valence-electron chi connectivity index (χ0n) is 12.0. The van der Waals surface area contributed by atoms with E-state index in [9.17, 15) is 9.59 Å². The van der Waals surface area contributed by atoms with E-state index in [-0.39, 0.29) is 15.9 Å². The van der Waals surface area contributed by atoms with Crippen LogP contribution in [0, 0.1) is 16.7 Å². The Hall–Kier alpha value is -1.09. The number of Topliss-reactive ketones (excluding diaryl/α,β-unsaturated/α-hetero) is 1. The van der Waals surface area contributed by atoms with E-state index in [2.05, 4.69) is 13.8 Å². The Morgan fingerprint density at radius 3 is 2.55 bits per heavy atom. The van der Waals surface area contributed by atoms with Crippen LogP contribution in [0.1, 0.15) is 43.5 Å². The average molecular weight is 288 g/mol. The van der Waals surface area contributed by atoms with Gasteiger partial charge in [0, 0.05) is 23.2 Å². The first-order chi connectivity index (χ1) is 9.47. The lowest BCUT2D eigenvalue weighted by Gasteiger charge is -2.36. The molecule has 106 valence electrons. The molecule has 2 atom stereocenters. The minimum absolute atomic E-state index is 0.0497. The summed E-state index contributed by atoms with van der Waals surface area (Å²) < 4.78 is 0. The first kappa shape index (κ1) is 13.9. The summed E-state index contributed by atoms with van der Waals surface area (Å²) in [5.41, 5.74) is 0.507. The third-order valence-corrected chi connectivity index (χ3v) is 6.73. The second kappa shape index (κ2) is 4.73. The molecule has 0 N–H and O–H groups in total. The molecule has 2 nitrogen and oxygen atoms in total. The maximum absolute atomic E-state index is 12.4. The molecular formula is C17H20O2S. The van der Waals surface area contributed by atoms with Crippen LogP contribution in [0.2, 0.25) is 0 Å². The molecule has 0 heterocycles. The summed E-state index contributed by atoms with van der Waals surface area (Å²) in [6, 6.07) is 9.34. The lowest BCUT2D eigenvalue weighted by Crippen LogP contribution is -2.38. The maximum atomic E-state index is 12.4. The van der Waals surface area contributed by atoms with Gasteiger partial charge in [-0.15, -0.1) is 0 Å². The lowest BCUT2D eigenvalue weighted by molar-refractivity contribution is -0.127. The van der Waals surface area contributed by atoms with Gasteiger partial charge in [-0.25, -0.2) is 0 Å². The number of thioether (sulfide) groups is 1. The summed E-state index contributed by atoms with van der Waals surface area (Å²) in [4.78, 5) is 24.6. The maximum Gasteiger partial charge on any atom is 0.219 e. The van der Waals surface area contributed by atoms with Crippen LogP contribution in [0.25, 0.3) is 0 Å². The zero-order valence-corrected chi connectivity index (χ0v) is 12.8. The topological polar surface area (TPSA) is 34.1 Å². The van der Waals surface area contributed by atoms with Gasteiger partial charge in [0.1, 0.15) is 5.78 Å². The molecule has 2 fully saturated rings. The van der Waals surface area contributed by atoms with E-state index in [1.807, 2.05) is 30.3 Å². The summed E-state index contributed by atoms with van der Waals surface area (Å²) in [5.74, 6) is 1.54. The summed E-state index contributed by atoms with van der Waals surface area (Å²) >= 11 is 1.32. The standard InChI is InChI=1S/C17H20O2S/c1-16(2)13-8-9-17(16,14(18)10-13)11-20-15(19)12-6-4-3-5-7-12/h3-7,13H,8-11H2,1-2H3. The van der Waals surface area contributed by atoms with Crippen molar-refractivity contribution in [3.8, 4) is 0 Å². The minimum atomic E-state index is -0.271. The Morgan fingerprint density at radius 1 is 1.30 bits per heavy atom. The van der Waals surface area contributed by atoms with Crippen molar-refractivity contribution in [2.75, 3.05) is 5.75 Å². The van der Waals surface area contributed by atoms with Crippen LogP contribution in [-0.4, -0.2) is 16.7 Å². The molecule has 0 radical (unpaired) electrons. The monoisotopic (exact) mass is 288 g/mol. The van der Waals surface area contributed by atoms with Crippen LogP contribution >= 0.6 is 11.8 Å². The fraction of sp³-hybridized carbons (Fsp3) is 0.529. The van der Waals surface area contributed by atoms with Crippen molar-refractivity contribution >= 4 is 22.7 Å². The Morgan fingerprint density at radius 2 is 2.00 bits per heavy atom. The van der Waals surface area contributed by atoms with Gasteiger partial charge >= 0.3 is 0 Å². The highest BCUT2D eigenvalue weighted by Crippen LogP contribution is 2.64. The van der Waals surface area contributed by atoms with Gasteiger partial charge in [0.2, 0.25) is 5.12 Å². The lowest BCUT2D eigenvalue weighted by atomic mass is 9.70. The number of hydrogen-bond donors (Lipinski definition) is 0. The molecule has 0 spiro atoms. The van der Waals surface area contributed by atoms with Crippen molar-refractivity contribution in [2.45, 2.75) is 33.1 Å². The number of fused-ring (bicyclic) bond motifs is 2. The second-order valence-electron chi connectivity index (χ2n) is 6.61. The molecule has 0 saturated heterocycles. The Kier molecular flexibility index (Phi) is 3.28. The highest BCUT2D eigenvalue weighted by molar-refractivity contribution is 8.14. The van der Waals surface area contributed by atoms with Gasteiger partial charge in [0.15, 0.2) is 0 Å². The molecule has 2 aliphatic carbocycles. The van der Waals surface area contributed by atoms with E-state index in [0.717, 1.165) is 18.4 Å². The quantitative estimate of drug-likeness (QED) is 0.844. The van der Waals surface area contributed by atoms with Crippen molar-refractivity contribution in [1.29, 1.82) is 0 Å². The molecule has 2 unspecified atom stereocenters. The van der Waals surface area contributed by atoms with E-state index in [1.165, 1.54) is 11.8 Å². The summed E-state index contributed by atoms with van der Waals surface area (Å²) in [6.45, 7) is 4.42. The van der Waals surface area contributed by atoms with Crippen LogP contribution in [0.5, 0.6) is 0 Å². The van der Waals surface area contributed by atoms with Crippen LogP contribution in [0.4, 0.5) is 0 Å². The fourth-order valence-electron chi connectivity index (χ4n) is 3.95. The first-order valence-electron chi connectivity index (χ1n) is 7.23. The highest BCUT2D eigenvalue weighted by atomic mass is 32.2. The summed E-state index contributed by atoms with van der Waals surface area (Å²) in [6.07, 6.45) is 2.81. The molecule has 0 aliphatic heterocycles. The SMILES string of the molecule is CC1(C)C2CCC1(CSC(=O)c1ccccc1)C(=O)C2. The third kappa shape index (κ3) is 1.86. The molecule has 20 heavy (non-hydrogen) atoms. The largest absolute Gasteiger partial charge is 0.299 e. The molecule has 2 saturated carbocycles. The molecule has 0 amide bonds. The number of ketones is 1. The van der Waals surface area contributed by atoms with Gasteiger partial charge in [0.25, 0.3) is 0 Å². The molecule has 3 rings (SSSR count). The van der Waals surface area contributed by atoms with Crippen molar-refractivity contribution in [3.05, 3.63) is 35.9 Å². The smallest absolute Gasteiger partial charge is 0.219 e. The van der Waals surface area contributed by atoms with Gasteiger partial charge in [-0.3, -0.25) is 9.59 Å². The molecule has 1 aromatic rings. The fourth-order valence-corrected chi connectivity index (χ4v) is 5.31. The van der Waals surface area contributed by atoms with Crippen LogP contribution < -0.4 is 0 Å². The number of carbonyl (C=O) groups is 2. The van der Waals surface area contributed by atoms with Gasteiger partial charge in [-0.05, 0) is 24.2 Å². The molecule has 0 aromatic heterocycles. The highest BCUT2D eigenvalue weighted by Gasteiger charge is 2.63. The van der Waals surface area contributed by atoms with Crippen molar-refractivity contribution < 1.29 is 9.59 Å². The predicted octanol–water partition coefficient (Wildman–Crippen LogP) is 3.96. The van der Waals surface area contributed by atoms with Crippen molar-refractivity contribution in [1.82, 2.24) is 0 Å². The number of carbonyl (C=O) groups excluding carboxylic acids is 2. The Labute approximate surface area is 124 Å². The zero-order chi connectivity index (χ0) is 14.4. The molecule has 2 aliphatic rings. The van der Waals surface area contributed by atoms with Crippen molar-refractivity contribution in [3.63, 3.8) is 0 Å². The van der Waals surface area contributed by atoms with E-state index in [4.69, 9.17) is 0 Å². The van der Waals surface area contributed by atoms with E-state index in [1.54, 1.807) is 0 Å². The van der Waals surface area contributed by atoms with Gasteiger partial charge < -0.3 is 0 Å². The van der Waals surface area contributed by atoms with E-state index >= 15 is 0 Å².